The third-order valence-corrected chi connectivity index (χ3v) is 3.26. The van der Waals surface area contributed by atoms with Crippen LogP contribution in [0.4, 0.5) is 5.69 Å². The quantitative estimate of drug-likeness (QED) is 0.378. The minimum Gasteiger partial charge on any atom is -0.500 e. The number of hydrogen-bond donors (Lipinski definition) is 1. The Hall–Kier alpha value is -3.80. The molecule has 2 rings (SSSR count). The summed E-state index contributed by atoms with van der Waals surface area (Å²) >= 11 is 0. The number of esters is 1. The summed E-state index contributed by atoms with van der Waals surface area (Å²) in [5.74, 6) is -2.89. The van der Waals surface area contributed by atoms with Crippen LogP contribution in [0.5, 0.6) is 0 Å². The number of azo groups is 1. The van der Waals surface area contributed by atoms with E-state index in [2.05, 4.69) is 15.0 Å². The number of aromatic nitrogens is 1. The summed E-state index contributed by atoms with van der Waals surface area (Å²) in [6, 6.07) is 8.01. The van der Waals surface area contributed by atoms with E-state index in [-0.39, 0.29) is 17.9 Å². The van der Waals surface area contributed by atoms with Crippen LogP contribution in [-0.4, -0.2) is 27.9 Å². The highest BCUT2D eigenvalue weighted by molar-refractivity contribution is 6.00. The Morgan fingerprint density at radius 1 is 1.38 bits per heavy atom. The van der Waals surface area contributed by atoms with Crippen LogP contribution in [0.2, 0.25) is 0 Å². The van der Waals surface area contributed by atoms with Crippen LogP contribution in [0.25, 0.3) is 5.52 Å². The molecule has 2 heterocycles. The number of rotatable bonds is 5. The Kier molecular flexibility index (Phi) is 5.60. The predicted molar refractivity (Wildman–Crippen MR) is 89.9 cm³/mol. The van der Waals surface area contributed by atoms with Gasteiger partial charge in [0.15, 0.2) is 17.2 Å². The van der Waals surface area contributed by atoms with E-state index < -0.39 is 28.8 Å². The first kappa shape index (κ1) is 18.5. The van der Waals surface area contributed by atoms with Gasteiger partial charge >= 0.3 is 5.97 Å². The maximum Gasteiger partial charge on any atom is 0.375 e. The molecule has 0 unspecified atom stereocenters. The molecule has 2 aromatic heterocycles. The Morgan fingerprint density at radius 2 is 2.12 bits per heavy atom. The van der Waals surface area contributed by atoms with Crippen molar-refractivity contribution in [1.82, 2.24) is 4.40 Å². The van der Waals surface area contributed by atoms with Gasteiger partial charge in [0.05, 0.1) is 17.7 Å². The van der Waals surface area contributed by atoms with E-state index in [1.54, 1.807) is 18.2 Å². The Morgan fingerprint density at radius 3 is 2.73 bits per heavy atom. The fourth-order valence-electron chi connectivity index (χ4n) is 2.08. The Labute approximate surface area is 147 Å². The normalized spacial score (nSPS) is 11.9. The van der Waals surface area contributed by atoms with Gasteiger partial charge in [0.25, 0.3) is 5.56 Å². The molecular weight excluding hydrogens is 340 g/mol. The zero-order chi connectivity index (χ0) is 19.3. The largest absolute Gasteiger partial charge is 0.500 e. The monoisotopic (exact) mass is 354 g/mol. The van der Waals surface area contributed by atoms with E-state index in [0.717, 1.165) is 6.92 Å². The maximum atomic E-state index is 12.4. The number of allylic oxidation sites excluding steroid dienone is 1. The molecule has 26 heavy (non-hydrogen) atoms. The first-order chi connectivity index (χ1) is 12.4. The van der Waals surface area contributed by atoms with Gasteiger partial charge in [0.1, 0.15) is 6.07 Å². The van der Waals surface area contributed by atoms with Crippen molar-refractivity contribution in [3.63, 3.8) is 0 Å². The summed E-state index contributed by atoms with van der Waals surface area (Å²) in [7, 11) is 0. The summed E-state index contributed by atoms with van der Waals surface area (Å²) in [6.07, 6.45) is 1.45. The second kappa shape index (κ2) is 7.85. The molecule has 9 heteroatoms. The molecule has 0 atom stereocenters. The first-order valence-electron chi connectivity index (χ1n) is 7.48. The number of carbonyl (C=O) groups excluding carboxylic acids is 2. The van der Waals surface area contributed by atoms with Crippen molar-refractivity contribution < 1.29 is 19.4 Å². The highest BCUT2D eigenvalue weighted by Crippen LogP contribution is 2.17. The van der Waals surface area contributed by atoms with Crippen molar-refractivity contribution in [1.29, 1.82) is 5.26 Å². The third kappa shape index (κ3) is 3.64. The molecule has 0 fully saturated rings. The van der Waals surface area contributed by atoms with Gasteiger partial charge in [0, 0.05) is 13.1 Å². The summed E-state index contributed by atoms with van der Waals surface area (Å²) in [6.45, 7) is 2.58. The van der Waals surface area contributed by atoms with Gasteiger partial charge in [-0.05, 0) is 25.1 Å². The van der Waals surface area contributed by atoms with Crippen LogP contribution >= 0.6 is 0 Å². The van der Waals surface area contributed by atoms with Crippen LogP contribution in [0.15, 0.2) is 56.9 Å². The van der Waals surface area contributed by atoms with E-state index in [0.29, 0.717) is 5.52 Å². The average Bonchev–Trinajstić information content (AvgIpc) is 2.63. The van der Waals surface area contributed by atoms with E-state index in [1.165, 1.54) is 23.6 Å². The zero-order valence-electron chi connectivity index (χ0n) is 14.0. The Bertz CT molecular complexity index is 1040. The summed E-state index contributed by atoms with van der Waals surface area (Å²) in [5.41, 5.74) is -0.917. The molecule has 1 N–H and O–H groups in total. The number of fused-ring (bicyclic) bond motifs is 1. The van der Waals surface area contributed by atoms with Gasteiger partial charge in [-0.1, -0.05) is 6.07 Å². The lowest BCUT2D eigenvalue weighted by Crippen LogP contribution is -2.14. The lowest BCUT2D eigenvalue weighted by molar-refractivity contribution is -0.142. The predicted octanol–water partition coefficient (Wildman–Crippen LogP) is 2.18. The summed E-state index contributed by atoms with van der Waals surface area (Å²) in [5, 5.41) is 26.2. The fraction of sp³-hybridized carbons (Fsp3) is 0.176. The number of aliphatic hydroxyl groups excluding tert-OH is 1. The van der Waals surface area contributed by atoms with Crippen molar-refractivity contribution >= 4 is 23.0 Å². The van der Waals surface area contributed by atoms with Gasteiger partial charge in [-0.25, -0.2) is 4.79 Å². The number of nitrogens with zero attached hydrogens (tertiary/aromatic N) is 4. The fourth-order valence-corrected chi connectivity index (χ4v) is 2.08. The van der Waals surface area contributed by atoms with Crippen molar-refractivity contribution in [3.8, 4) is 6.07 Å². The number of aliphatic hydroxyl groups is 1. The van der Waals surface area contributed by atoms with Gasteiger partial charge in [0.2, 0.25) is 5.76 Å². The Balaban J connectivity index is 2.59. The number of hydrogen-bond acceptors (Lipinski definition) is 8. The van der Waals surface area contributed by atoms with Crippen LogP contribution in [0, 0.1) is 11.3 Å². The van der Waals surface area contributed by atoms with Crippen molar-refractivity contribution in [2.75, 3.05) is 6.61 Å². The average molecular weight is 354 g/mol. The second-order valence-electron chi connectivity index (χ2n) is 4.99. The molecule has 0 radical (unpaired) electrons. The second-order valence-corrected chi connectivity index (χ2v) is 4.99. The van der Waals surface area contributed by atoms with E-state index in [4.69, 9.17) is 0 Å². The molecule has 0 aromatic carbocycles. The minimum atomic E-state index is -1.13. The van der Waals surface area contributed by atoms with Gasteiger partial charge in [-0.15, -0.1) is 10.2 Å². The topological polar surface area (TPSA) is 134 Å². The third-order valence-electron chi connectivity index (χ3n) is 3.26. The minimum absolute atomic E-state index is 0.0111. The van der Waals surface area contributed by atoms with E-state index in [1.807, 2.05) is 6.07 Å². The molecule has 2 aromatic rings. The lowest BCUT2D eigenvalue weighted by Gasteiger charge is -2.04. The number of pyridine rings is 2. The van der Waals surface area contributed by atoms with E-state index >= 15 is 0 Å². The van der Waals surface area contributed by atoms with Crippen LogP contribution in [0.3, 0.4) is 0 Å². The smallest absolute Gasteiger partial charge is 0.375 e. The maximum absolute atomic E-state index is 12.4. The standard InChI is InChI=1S/C17H14N4O5/c1-3-26-17(25)15(23)14(10(2)22)20-19-12-8-11(9-18)13-6-4-5-7-21(13)16(12)24/h4-8,23H,3H2,1-2H3/b15-14-,20-19?. The van der Waals surface area contributed by atoms with Crippen LogP contribution in [-0.2, 0) is 14.3 Å². The molecule has 0 aliphatic carbocycles. The molecule has 0 amide bonds. The number of Topliss-reactive ketones (excluding diaryl/α,β-unsaturated/α-hetero) is 1. The van der Waals surface area contributed by atoms with Crippen LogP contribution < -0.4 is 5.56 Å². The number of carbonyl (C=O) groups is 2. The van der Waals surface area contributed by atoms with Gasteiger partial charge in [-0.3, -0.25) is 14.0 Å². The van der Waals surface area contributed by atoms with Crippen molar-refractivity contribution in [2.45, 2.75) is 13.8 Å². The van der Waals surface area contributed by atoms with Crippen molar-refractivity contribution in [2.24, 2.45) is 10.2 Å². The molecule has 0 aliphatic heterocycles. The SMILES string of the molecule is CCOC(=O)/C(O)=C(/N=Nc1cc(C#N)c2ccccn2c1=O)C(C)=O. The number of ether oxygens (including phenoxy) is 1. The molecule has 0 saturated heterocycles. The molecule has 0 spiro atoms. The molecule has 0 aliphatic rings. The lowest BCUT2D eigenvalue weighted by atomic mass is 10.2. The summed E-state index contributed by atoms with van der Waals surface area (Å²) in [4.78, 5) is 35.6. The van der Waals surface area contributed by atoms with Gasteiger partial charge in [-0.2, -0.15) is 5.26 Å². The highest BCUT2D eigenvalue weighted by atomic mass is 16.5. The molecule has 9 nitrogen and oxygen atoms in total. The van der Waals surface area contributed by atoms with E-state index in [9.17, 15) is 24.8 Å². The molecule has 0 bridgehead atoms. The molecule has 0 saturated carbocycles. The molecule has 132 valence electrons. The number of nitriles is 1. The highest BCUT2D eigenvalue weighted by Gasteiger charge is 2.19. The van der Waals surface area contributed by atoms with Gasteiger partial charge < -0.3 is 9.84 Å². The first-order valence-corrected chi connectivity index (χ1v) is 7.48. The van der Waals surface area contributed by atoms with Crippen LogP contribution in [0.1, 0.15) is 19.4 Å². The number of ketones is 1. The zero-order valence-corrected chi connectivity index (χ0v) is 14.0. The molecular formula is C17H14N4O5. The van der Waals surface area contributed by atoms with Crippen molar-refractivity contribution in [3.05, 3.63) is 57.8 Å². The summed E-state index contributed by atoms with van der Waals surface area (Å²) < 4.78 is 5.80.